The van der Waals surface area contributed by atoms with Gasteiger partial charge in [0, 0.05) is 11.6 Å². The van der Waals surface area contributed by atoms with E-state index in [1.807, 2.05) is 31.2 Å². The van der Waals surface area contributed by atoms with E-state index < -0.39 is 0 Å². The molecule has 116 valence electrons. The molecule has 0 aliphatic heterocycles. The largest absolute Gasteiger partial charge is 0.497 e. The summed E-state index contributed by atoms with van der Waals surface area (Å²) in [6, 6.07) is 13.1. The molecular weight excluding hydrogens is 282 g/mol. The third kappa shape index (κ3) is 4.41. The molecule has 0 aliphatic carbocycles. The molecule has 0 bridgehead atoms. The molecular formula is C17H19NO4. The van der Waals surface area contributed by atoms with Gasteiger partial charge in [0.05, 0.1) is 13.3 Å². The number of hydrogen-bond donors (Lipinski definition) is 1. The maximum Gasteiger partial charge on any atom is 0.132 e. The van der Waals surface area contributed by atoms with Crippen molar-refractivity contribution in [2.75, 3.05) is 20.3 Å². The number of rotatable bonds is 7. The number of aryl methyl sites for hydroxylation is 1. The number of benzene rings is 2. The number of hydrogen-bond acceptors (Lipinski definition) is 5. The third-order valence-corrected chi connectivity index (χ3v) is 3.02. The molecule has 0 saturated carbocycles. The van der Waals surface area contributed by atoms with Gasteiger partial charge in [-0.05, 0) is 36.8 Å². The van der Waals surface area contributed by atoms with Crippen molar-refractivity contribution in [1.82, 2.24) is 0 Å². The summed E-state index contributed by atoms with van der Waals surface area (Å²) in [5, 5.41) is 11.7. The lowest BCUT2D eigenvalue weighted by molar-refractivity contribution is 0.216. The van der Waals surface area contributed by atoms with E-state index in [1.165, 1.54) is 6.21 Å². The van der Waals surface area contributed by atoms with Gasteiger partial charge < -0.3 is 19.4 Å². The lowest BCUT2D eigenvalue weighted by Crippen LogP contribution is -2.10. The van der Waals surface area contributed by atoms with Gasteiger partial charge in [0.1, 0.15) is 30.5 Å². The second kappa shape index (κ2) is 7.93. The molecule has 0 saturated heterocycles. The predicted molar refractivity (Wildman–Crippen MR) is 84.5 cm³/mol. The van der Waals surface area contributed by atoms with Crippen LogP contribution in [0.4, 0.5) is 0 Å². The lowest BCUT2D eigenvalue weighted by Gasteiger charge is -2.11. The highest BCUT2D eigenvalue weighted by Crippen LogP contribution is 2.23. The normalized spacial score (nSPS) is 10.6. The first kappa shape index (κ1) is 15.7. The molecule has 0 spiro atoms. The van der Waals surface area contributed by atoms with Gasteiger partial charge in [0.15, 0.2) is 0 Å². The molecule has 0 radical (unpaired) electrons. The molecule has 0 atom stereocenters. The average Bonchev–Trinajstić information content (AvgIpc) is 2.53. The minimum absolute atomic E-state index is 0.368. The van der Waals surface area contributed by atoms with Crippen LogP contribution < -0.4 is 14.2 Å². The van der Waals surface area contributed by atoms with Crippen LogP contribution in [0.1, 0.15) is 11.1 Å². The zero-order valence-corrected chi connectivity index (χ0v) is 12.7. The molecule has 5 heteroatoms. The van der Waals surface area contributed by atoms with Gasteiger partial charge >= 0.3 is 0 Å². The zero-order chi connectivity index (χ0) is 15.8. The van der Waals surface area contributed by atoms with Crippen LogP contribution in [0.25, 0.3) is 0 Å². The van der Waals surface area contributed by atoms with Crippen LogP contribution in [0.3, 0.4) is 0 Å². The fraction of sp³-hybridized carbons (Fsp3) is 0.235. The van der Waals surface area contributed by atoms with E-state index in [-0.39, 0.29) is 0 Å². The second-order valence-corrected chi connectivity index (χ2v) is 4.66. The summed E-state index contributed by atoms with van der Waals surface area (Å²) in [5.41, 5.74) is 1.81. The smallest absolute Gasteiger partial charge is 0.132 e. The Bertz CT molecular complexity index is 640. The Morgan fingerprint density at radius 1 is 1.05 bits per heavy atom. The summed E-state index contributed by atoms with van der Waals surface area (Å²) >= 11 is 0. The van der Waals surface area contributed by atoms with Crippen molar-refractivity contribution >= 4 is 6.21 Å². The van der Waals surface area contributed by atoms with Crippen molar-refractivity contribution in [2.24, 2.45) is 5.16 Å². The van der Waals surface area contributed by atoms with Crippen LogP contribution in [-0.2, 0) is 0 Å². The van der Waals surface area contributed by atoms with Crippen molar-refractivity contribution in [3.05, 3.63) is 53.6 Å². The van der Waals surface area contributed by atoms with E-state index in [0.29, 0.717) is 30.3 Å². The SMILES string of the molecule is COc1ccc(C=NO)c(OCCOc2cccc(C)c2)c1. The molecule has 0 unspecified atom stereocenters. The van der Waals surface area contributed by atoms with Crippen LogP contribution in [0.2, 0.25) is 0 Å². The summed E-state index contributed by atoms with van der Waals surface area (Å²) < 4.78 is 16.5. The fourth-order valence-corrected chi connectivity index (χ4v) is 1.95. The Hall–Kier alpha value is -2.69. The van der Waals surface area contributed by atoms with Gasteiger partial charge in [-0.15, -0.1) is 0 Å². The van der Waals surface area contributed by atoms with Crippen molar-refractivity contribution in [3.63, 3.8) is 0 Å². The van der Waals surface area contributed by atoms with Gasteiger partial charge in [-0.1, -0.05) is 17.3 Å². The monoisotopic (exact) mass is 301 g/mol. The van der Waals surface area contributed by atoms with E-state index >= 15 is 0 Å². The van der Waals surface area contributed by atoms with Crippen LogP contribution in [0.15, 0.2) is 47.6 Å². The Morgan fingerprint density at radius 2 is 1.86 bits per heavy atom. The van der Waals surface area contributed by atoms with E-state index in [9.17, 15) is 0 Å². The summed E-state index contributed by atoms with van der Waals surface area (Å²) in [5.74, 6) is 2.06. The minimum Gasteiger partial charge on any atom is -0.497 e. The molecule has 0 amide bonds. The molecule has 1 N–H and O–H groups in total. The number of oxime groups is 1. The summed E-state index contributed by atoms with van der Waals surface area (Å²) in [6.07, 6.45) is 1.32. The van der Waals surface area contributed by atoms with Crippen molar-refractivity contribution in [1.29, 1.82) is 0 Å². The molecule has 2 rings (SSSR count). The molecule has 0 aromatic heterocycles. The number of ether oxygens (including phenoxy) is 3. The molecule has 5 nitrogen and oxygen atoms in total. The van der Waals surface area contributed by atoms with Crippen molar-refractivity contribution < 1.29 is 19.4 Å². The Labute approximate surface area is 129 Å². The summed E-state index contributed by atoms with van der Waals surface area (Å²) in [6.45, 7) is 2.80. The molecule has 0 fully saturated rings. The van der Waals surface area contributed by atoms with Gasteiger partial charge in [-0.3, -0.25) is 0 Å². The standard InChI is InChI=1S/C17H19NO4/c1-13-4-3-5-16(10-13)21-8-9-22-17-11-15(20-2)7-6-14(17)12-18-19/h3-7,10-12,19H,8-9H2,1-2H3. The molecule has 2 aromatic carbocycles. The van der Waals surface area contributed by atoms with E-state index in [0.717, 1.165) is 11.3 Å². The zero-order valence-electron chi connectivity index (χ0n) is 12.7. The molecule has 0 aliphatic rings. The van der Waals surface area contributed by atoms with Gasteiger partial charge in [0.2, 0.25) is 0 Å². The Morgan fingerprint density at radius 3 is 2.59 bits per heavy atom. The summed E-state index contributed by atoms with van der Waals surface area (Å²) in [4.78, 5) is 0. The lowest BCUT2D eigenvalue weighted by atomic mass is 10.2. The fourth-order valence-electron chi connectivity index (χ4n) is 1.95. The van der Waals surface area contributed by atoms with Gasteiger partial charge in [0.25, 0.3) is 0 Å². The average molecular weight is 301 g/mol. The first-order valence-electron chi connectivity index (χ1n) is 6.90. The molecule has 2 aromatic rings. The van der Waals surface area contributed by atoms with Crippen LogP contribution >= 0.6 is 0 Å². The van der Waals surface area contributed by atoms with Crippen molar-refractivity contribution in [3.8, 4) is 17.2 Å². The first-order valence-corrected chi connectivity index (χ1v) is 6.90. The maximum absolute atomic E-state index is 8.67. The summed E-state index contributed by atoms with van der Waals surface area (Å²) in [7, 11) is 1.58. The van der Waals surface area contributed by atoms with E-state index in [2.05, 4.69) is 5.16 Å². The van der Waals surface area contributed by atoms with Crippen LogP contribution in [-0.4, -0.2) is 31.7 Å². The topological polar surface area (TPSA) is 60.3 Å². The van der Waals surface area contributed by atoms with Crippen LogP contribution in [0, 0.1) is 6.92 Å². The maximum atomic E-state index is 8.67. The quantitative estimate of drug-likeness (QED) is 0.369. The number of nitrogens with zero attached hydrogens (tertiary/aromatic N) is 1. The highest BCUT2D eigenvalue weighted by atomic mass is 16.5. The molecule has 22 heavy (non-hydrogen) atoms. The Balaban J connectivity index is 1.93. The highest BCUT2D eigenvalue weighted by Gasteiger charge is 2.05. The second-order valence-electron chi connectivity index (χ2n) is 4.66. The van der Waals surface area contributed by atoms with E-state index in [1.54, 1.807) is 25.3 Å². The van der Waals surface area contributed by atoms with Crippen molar-refractivity contribution in [2.45, 2.75) is 6.92 Å². The first-order chi connectivity index (χ1) is 10.7. The predicted octanol–water partition coefficient (Wildman–Crippen LogP) is 3.27. The van der Waals surface area contributed by atoms with E-state index in [4.69, 9.17) is 19.4 Å². The Kier molecular flexibility index (Phi) is 5.65. The van der Waals surface area contributed by atoms with Crippen LogP contribution in [0.5, 0.6) is 17.2 Å². The van der Waals surface area contributed by atoms with Gasteiger partial charge in [-0.25, -0.2) is 0 Å². The third-order valence-electron chi connectivity index (χ3n) is 3.02. The molecule has 0 heterocycles. The minimum atomic E-state index is 0.368. The number of methoxy groups -OCH3 is 1. The highest BCUT2D eigenvalue weighted by molar-refractivity contribution is 5.83. The van der Waals surface area contributed by atoms with Gasteiger partial charge in [-0.2, -0.15) is 0 Å².